The van der Waals surface area contributed by atoms with Gasteiger partial charge in [-0.3, -0.25) is 0 Å². The van der Waals surface area contributed by atoms with Crippen LogP contribution in [0.2, 0.25) is 13.1 Å². The van der Waals surface area contributed by atoms with E-state index in [9.17, 15) is 0 Å². The third-order valence-electron chi connectivity index (χ3n) is 3.96. The molecule has 0 aliphatic carbocycles. The second-order valence-electron chi connectivity index (χ2n) is 6.08. The van der Waals surface area contributed by atoms with Crippen molar-refractivity contribution in [3.8, 4) is 0 Å². The van der Waals surface area contributed by atoms with Crippen molar-refractivity contribution in [2.45, 2.75) is 97.6 Å². The maximum Gasteiger partial charge on any atom is 0.204 e. The maximum absolute atomic E-state index is 5.76. The Morgan fingerprint density at radius 1 is 0.789 bits per heavy atom. The summed E-state index contributed by atoms with van der Waals surface area (Å²) in [5.41, 5.74) is 0. The summed E-state index contributed by atoms with van der Waals surface area (Å²) in [6.07, 6.45) is 15.5. The summed E-state index contributed by atoms with van der Waals surface area (Å²) in [6, 6.07) is 0. The normalized spacial score (nSPS) is 13.1. The topological polar surface area (TPSA) is 9.23 Å². The molecular weight excluding hydrogens is 248 g/mol. The highest BCUT2D eigenvalue weighted by atomic mass is 28.3. The monoisotopic (exact) mass is 285 g/mol. The molecule has 0 bridgehead atoms. The zero-order chi connectivity index (χ0) is 14.3. The smallest absolute Gasteiger partial charge is 0.204 e. The summed E-state index contributed by atoms with van der Waals surface area (Å²) < 4.78 is 5.76. The first kappa shape index (κ1) is 19.2. The van der Waals surface area contributed by atoms with E-state index in [0.717, 1.165) is 12.5 Å². The number of unbranched alkanes of at least 4 members (excludes halogenated alkanes) is 7. The van der Waals surface area contributed by atoms with Gasteiger partial charge in [-0.15, -0.1) is 0 Å². The Balaban J connectivity index is 3.31. The van der Waals surface area contributed by atoms with E-state index in [4.69, 9.17) is 4.43 Å². The Morgan fingerprint density at radius 3 is 1.89 bits per heavy atom. The second kappa shape index (κ2) is 14.6. The lowest BCUT2D eigenvalue weighted by atomic mass is 9.95. The fourth-order valence-corrected chi connectivity index (χ4v) is 3.08. The highest BCUT2D eigenvalue weighted by Gasteiger charge is 2.07. The summed E-state index contributed by atoms with van der Waals surface area (Å²) in [4.78, 5) is 0. The molecule has 1 unspecified atom stereocenters. The molecule has 0 aromatic heterocycles. The van der Waals surface area contributed by atoms with Crippen LogP contribution in [-0.2, 0) is 4.43 Å². The van der Waals surface area contributed by atoms with Gasteiger partial charge in [0, 0.05) is 6.61 Å². The van der Waals surface area contributed by atoms with Gasteiger partial charge in [0.1, 0.15) is 0 Å². The summed E-state index contributed by atoms with van der Waals surface area (Å²) in [5.74, 6) is 0.904. The first-order valence-corrected chi connectivity index (χ1v) is 11.0. The van der Waals surface area contributed by atoms with Crippen LogP contribution in [0.5, 0.6) is 0 Å². The molecule has 1 radical (unpaired) electrons. The minimum atomic E-state index is -0.478. The fourth-order valence-electron chi connectivity index (χ4n) is 2.55. The van der Waals surface area contributed by atoms with E-state index >= 15 is 0 Å². The molecule has 0 aliphatic heterocycles. The van der Waals surface area contributed by atoms with Crippen molar-refractivity contribution in [3.05, 3.63) is 0 Å². The first-order chi connectivity index (χ1) is 9.20. The molecule has 1 atom stereocenters. The Labute approximate surface area is 124 Å². The summed E-state index contributed by atoms with van der Waals surface area (Å²) >= 11 is 0. The largest absolute Gasteiger partial charge is 0.417 e. The van der Waals surface area contributed by atoms with Gasteiger partial charge < -0.3 is 4.43 Å². The number of hydrogen-bond acceptors (Lipinski definition) is 1. The van der Waals surface area contributed by atoms with Crippen LogP contribution in [0, 0.1) is 5.92 Å². The summed E-state index contributed by atoms with van der Waals surface area (Å²) in [7, 11) is -0.478. The van der Waals surface area contributed by atoms with Gasteiger partial charge in [-0.2, -0.15) is 0 Å². The van der Waals surface area contributed by atoms with Crippen LogP contribution in [0.4, 0.5) is 0 Å². The molecule has 0 heterocycles. The van der Waals surface area contributed by atoms with Crippen molar-refractivity contribution in [1.82, 2.24) is 0 Å². The molecule has 0 fully saturated rings. The molecule has 0 aromatic carbocycles. The van der Waals surface area contributed by atoms with Gasteiger partial charge in [0.25, 0.3) is 0 Å². The summed E-state index contributed by atoms with van der Waals surface area (Å²) in [5, 5.41) is 0. The van der Waals surface area contributed by atoms with Crippen LogP contribution in [-0.4, -0.2) is 15.6 Å². The van der Waals surface area contributed by atoms with Gasteiger partial charge in [-0.25, -0.2) is 0 Å². The van der Waals surface area contributed by atoms with Gasteiger partial charge in [-0.05, 0) is 25.4 Å². The van der Waals surface area contributed by atoms with Crippen LogP contribution in [0.3, 0.4) is 0 Å². The third kappa shape index (κ3) is 14.4. The van der Waals surface area contributed by atoms with Crippen molar-refractivity contribution in [3.63, 3.8) is 0 Å². The van der Waals surface area contributed by atoms with E-state index in [1.807, 2.05) is 0 Å². The molecule has 0 rings (SSSR count). The molecule has 1 nitrogen and oxygen atoms in total. The number of rotatable bonds is 14. The van der Waals surface area contributed by atoms with Gasteiger partial charge >= 0.3 is 0 Å². The van der Waals surface area contributed by atoms with Gasteiger partial charge in [0.15, 0.2) is 0 Å². The molecule has 0 N–H and O–H groups in total. The van der Waals surface area contributed by atoms with Crippen LogP contribution >= 0.6 is 0 Å². The zero-order valence-corrected chi connectivity index (χ0v) is 15.0. The second-order valence-corrected chi connectivity index (χ2v) is 8.19. The minimum absolute atomic E-state index is 0.478. The average Bonchev–Trinajstić information content (AvgIpc) is 2.39. The molecule has 0 amide bonds. The predicted octanol–water partition coefficient (Wildman–Crippen LogP) is 6.20. The van der Waals surface area contributed by atoms with Crippen molar-refractivity contribution in [1.29, 1.82) is 0 Å². The standard InChI is InChI=1S/C17H37OSi/c1-5-7-8-9-10-11-12-13-14-17(6-2)15-16-18-19(3)4/h17H,5-16H2,1-4H3. The molecule has 2 heteroatoms. The van der Waals surface area contributed by atoms with E-state index < -0.39 is 9.04 Å². The molecular formula is C17H37OSi. The van der Waals surface area contributed by atoms with Crippen LogP contribution in [0.15, 0.2) is 0 Å². The predicted molar refractivity (Wildman–Crippen MR) is 89.1 cm³/mol. The highest BCUT2D eigenvalue weighted by Crippen LogP contribution is 2.18. The Bertz CT molecular complexity index is 171. The lowest BCUT2D eigenvalue weighted by molar-refractivity contribution is 0.270. The lowest BCUT2D eigenvalue weighted by Crippen LogP contribution is -2.12. The quantitative estimate of drug-likeness (QED) is 0.273. The van der Waals surface area contributed by atoms with Crippen LogP contribution < -0.4 is 0 Å². The Morgan fingerprint density at radius 2 is 1.37 bits per heavy atom. The molecule has 0 saturated carbocycles. The SMILES string of the molecule is CCCCCCCCCCC(CC)CCO[Si](C)C. The van der Waals surface area contributed by atoms with E-state index in [1.54, 1.807) is 0 Å². The zero-order valence-electron chi connectivity index (χ0n) is 14.0. The fraction of sp³-hybridized carbons (Fsp3) is 1.00. The molecule has 0 saturated heterocycles. The van der Waals surface area contributed by atoms with Gasteiger partial charge in [0.2, 0.25) is 9.04 Å². The first-order valence-electron chi connectivity index (χ1n) is 8.63. The van der Waals surface area contributed by atoms with E-state index in [2.05, 4.69) is 26.9 Å². The highest BCUT2D eigenvalue weighted by molar-refractivity contribution is 6.48. The Kier molecular flexibility index (Phi) is 14.7. The van der Waals surface area contributed by atoms with Crippen molar-refractivity contribution in [2.75, 3.05) is 6.61 Å². The lowest BCUT2D eigenvalue weighted by Gasteiger charge is -2.15. The van der Waals surface area contributed by atoms with Crippen LogP contribution in [0.1, 0.15) is 84.5 Å². The van der Waals surface area contributed by atoms with Crippen molar-refractivity contribution in [2.24, 2.45) is 5.92 Å². The molecule has 0 aromatic rings. The van der Waals surface area contributed by atoms with Gasteiger partial charge in [-0.1, -0.05) is 78.1 Å². The van der Waals surface area contributed by atoms with E-state index in [0.29, 0.717) is 0 Å². The molecule has 19 heavy (non-hydrogen) atoms. The van der Waals surface area contributed by atoms with E-state index in [1.165, 1.54) is 70.6 Å². The van der Waals surface area contributed by atoms with Crippen molar-refractivity contribution >= 4 is 9.04 Å². The number of hydrogen-bond donors (Lipinski definition) is 0. The van der Waals surface area contributed by atoms with Gasteiger partial charge in [0.05, 0.1) is 0 Å². The molecule has 0 spiro atoms. The van der Waals surface area contributed by atoms with Crippen LogP contribution in [0.25, 0.3) is 0 Å². The Hall–Kier alpha value is 0.177. The molecule has 0 aliphatic rings. The van der Waals surface area contributed by atoms with E-state index in [-0.39, 0.29) is 0 Å². The maximum atomic E-state index is 5.76. The average molecular weight is 286 g/mol. The third-order valence-corrected chi connectivity index (χ3v) is 4.74. The molecule has 115 valence electrons. The van der Waals surface area contributed by atoms with Crippen molar-refractivity contribution < 1.29 is 4.43 Å². The summed E-state index contributed by atoms with van der Waals surface area (Å²) in [6.45, 7) is 10.1. The minimum Gasteiger partial charge on any atom is -0.417 e.